The molecule has 0 aliphatic rings. The zero-order chi connectivity index (χ0) is 14.0. The van der Waals surface area contributed by atoms with Gasteiger partial charge in [-0.3, -0.25) is 4.79 Å². The minimum Gasteiger partial charge on any atom is -0.346 e. The summed E-state index contributed by atoms with van der Waals surface area (Å²) in [5.41, 5.74) is -1.56. The van der Waals surface area contributed by atoms with Crippen LogP contribution in [0.1, 0.15) is 29.8 Å². The number of carbonyl (C=O) groups excluding carboxylic acids is 1. The van der Waals surface area contributed by atoms with E-state index < -0.39 is 23.2 Å². The van der Waals surface area contributed by atoms with E-state index in [2.05, 4.69) is 5.32 Å². The molecule has 0 atom stereocenters. The number of benzene rings is 1. The summed E-state index contributed by atoms with van der Waals surface area (Å²) in [6, 6.07) is 4.27. The molecule has 1 aromatic carbocycles. The van der Waals surface area contributed by atoms with E-state index in [0.717, 1.165) is 12.1 Å². The summed E-state index contributed by atoms with van der Waals surface area (Å²) in [6.45, 7) is 3.37. The molecule has 0 unspecified atom stereocenters. The SMILES string of the molecule is CC(C)(CCl)NC(=O)c1cccc(C(F)(F)F)c1. The van der Waals surface area contributed by atoms with Gasteiger partial charge in [-0.1, -0.05) is 6.07 Å². The molecule has 0 bridgehead atoms. The molecule has 2 nitrogen and oxygen atoms in total. The summed E-state index contributed by atoms with van der Waals surface area (Å²) in [6.07, 6.45) is -4.46. The van der Waals surface area contributed by atoms with Gasteiger partial charge in [0.1, 0.15) is 0 Å². The van der Waals surface area contributed by atoms with Crippen molar-refractivity contribution in [1.82, 2.24) is 5.32 Å². The van der Waals surface area contributed by atoms with Crippen molar-refractivity contribution >= 4 is 17.5 Å². The van der Waals surface area contributed by atoms with Crippen LogP contribution < -0.4 is 5.32 Å². The highest BCUT2D eigenvalue weighted by Gasteiger charge is 2.31. The van der Waals surface area contributed by atoms with Crippen LogP contribution >= 0.6 is 11.6 Å². The van der Waals surface area contributed by atoms with Gasteiger partial charge in [0.25, 0.3) is 5.91 Å². The molecular formula is C12H13ClF3NO. The number of hydrogen-bond donors (Lipinski definition) is 1. The number of halogens is 4. The van der Waals surface area contributed by atoms with Crippen molar-refractivity contribution in [1.29, 1.82) is 0 Å². The second kappa shape index (κ2) is 5.18. The summed E-state index contributed by atoms with van der Waals surface area (Å²) in [5.74, 6) is -0.413. The fourth-order valence-corrected chi connectivity index (χ4v) is 1.32. The standard InChI is InChI=1S/C12H13ClF3NO/c1-11(2,7-13)17-10(18)8-4-3-5-9(6-8)12(14,15)16/h3-6H,7H2,1-2H3,(H,17,18). The van der Waals surface area contributed by atoms with Gasteiger partial charge in [0.2, 0.25) is 0 Å². The first-order valence-corrected chi connectivity index (χ1v) is 5.75. The lowest BCUT2D eigenvalue weighted by molar-refractivity contribution is -0.137. The fraction of sp³-hybridized carbons (Fsp3) is 0.417. The molecule has 0 aliphatic carbocycles. The van der Waals surface area contributed by atoms with Gasteiger partial charge in [0.05, 0.1) is 5.56 Å². The van der Waals surface area contributed by atoms with Gasteiger partial charge in [-0.05, 0) is 32.0 Å². The van der Waals surface area contributed by atoms with Gasteiger partial charge in [0.15, 0.2) is 0 Å². The smallest absolute Gasteiger partial charge is 0.346 e. The molecule has 0 radical (unpaired) electrons. The van der Waals surface area contributed by atoms with Gasteiger partial charge in [0, 0.05) is 17.0 Å². The predicted octanol–water partition coefficient (Wildman–Crippen LogP) is 3.45. The lowest BCUT2D eigenvalue weighted by Crippen LogP contribution is -2.44. The molecule has 6 heteroatoms. The molecule has 0 saturated heterocycles. The van der Waals surface area contributed by atoms with E-state index in [0.29, 0.717) is 0 Å². The Morgan fingerprint density at radius 2 is 1.94 bits per heavy atom. The number of amides is 1. The van der Waals surface area contributed by atoms with E-state index in [1.165, 1.54) is 12.1 Å². The molecule has 1 amide bonds. The topological polar surface area (TPSA) is 29.1 Å². The average molecular weight is 280 g/mol. The molecule has 0 heterocycles. The minimum absolute atomic E-state index is 0.0389. The van der Waals surface area contributed by atoms with E-state index in [1.54, 1.807) is 13.8 Å². The Hall–Kier alpha value is -1.23. The summed E-state index contributed by atoms with van der Waals surface area (Å²) >= 11 is 5.63. The Morgan fingerprint density at radius 3 is 2.44 bits per heavy atom. The maximum absolute atomic E-state index is 12.5. The van der Waals surface area contributed by atoms with Crippen LogP contribution in [0, 0.1) is 0 Å². The van der Waals surface area contributed by atoms with Gasteiger partial charge >= 0.3 is 6.18 Å². The van der Waals surface area contributed by atoms with Crippen molar-refractivity contribution in [2.75, 3.05) is 5.88 Å². The van der Waals surface area contributed by atoms with E-state index in [1.807, 2.05) is 0 Å². The summed E-state index contributed by atoms with van der Waals surface area (Å²) in [5, 5.41) is 2.56. The third kappa shape index (κ3) is 3.91. The zero-order valence-corrected chi connectivity index (χ0v) is 10.7. The monoisotopic (exact) mass is 279 g/mol. The van der Waals surface area contributed by atoms with Crippen LogP contribution in [-0.2, 0) is 6.18 Å². The van der Waals surface area contributed by atoms with Crippen molar-refractivity contribution in [3.05, 3.63) is 35.4 Å². The largest absolute Gasteiger partial charge is 0.416 e. The number of rotatable bonds is 3. The Kier molecular flexibility index (Phi) is 4.27. The van der Waals surface area contributed by atoms with Crippen LogP contribution in [0.15, 0.2) is 24.3 Å². The van der Waals surface area contributed by atoms with E-state index in [-0.39, 0.29) is 11.4 Å². The molecule has 0 aliphatic heterocycles. The molecule has 0 fully saturated rings. The molecule has 100 valence electrons. The van der Waals surface area contributed by atoms with Gasteiger partial charge in [-0.2, -0.15) is 13.2 Å². The Labute approximate surface area is 108 Å². The van der Waals surface area contributed by atoms with Crippen molar-refractivity contribution < 1.29 is 18.0 Å². The van der Waals surface area contributed by atoms with Gasteiger partial charge in [-0.15, -0.1) is 11.6 Å². The third-order valence-corrected chi connectivity index (χ3v) is 2.91. The molecule has 1 aromatic rings. The van der Waals surface area contributed by atoms with E-state index >= 15 is 0 Å². The number of alkyl halides is 4. The van der Waals surface area contributed by atoms with Gasteiger partial charge in [-0.25, -0.2) is 0 Å². The summed E-state index contributed by atoms with van der Waals surface area (Å²) in [7, 11) is 0. The van der Waals surface area contributed by atoms with Gasteiger partial charge < -0.3 is 5.32 Å². The van der Waals surface area contributed by atoms with E-state index in [4.69, 9.17) is 11.6 Å². The lowest BCUT2D eigenvalue weighted by atomic mass is 10.1. The van der Waals surface area contributed by atoms with Crippen LogP contribution in [-0.4, -0.2) is 17.3 Å². The van der Waals surface area contributed by atoms with Crippen molar-refractivity contribution in [3.63, 3.8) is 0 Å². The zero-order valence-electron chi connectivity index (χ0n) is 9.94. The molecule has 1 rings (SSSR count). The third-order valence-electron chi connectivity index (χ3n) is 2.24. The average Bonchev–Trinajstić information content (AvgIpc) is 2.27. The van der Waals surface area contributed by atoms with Crippen LogP contribution in [0.3, 0.4) is 0 Å². The first-order valence-electron chi connectivity index (χ1n) is 5.21. The van der Waals surface area contributed by atoms with Crippen LogP contribution in [0.4, 0.5) is 13.2 Å². The molecule has 0 spiro atoms. The maximum atomic E-state index is 12.5. The van der Waals surface area contributed by atoms with Crippen LogP contribution in [0.2, 0.25) is 0 Å². The fourth-order valence-electron chi connectivity index (χ4n) is 1.25. The maximum Gasteiger partial charge on any atom is 0.416 e. The van der Waals surface area contributed by atoms with Crippen molar-refractivity contribution in [2.45, 2.75) is 25.6 Å². The number of hydrogen-bond acceptors (Lipinski definition) is 1. The van der Waals surface area contributed by atoms with Crippen molar-refractivity contribution in [2.24, 2.45) is 0 Å². The normalized spacial score (nSPS) is 12.3. The Bertz CT molecular complexity index is 443. The predicted molar refractivity (Wildman–Crippen MR) is 63.7 cm³/mol. The van der Waals surface area contributed by atoms with E-state index in [9.17, 15) is 18.0 Å². The number of carbonyl (C=O) groups is 1. The summed E-state index contributed by atoms with van der Waals surface area (Å²) in [4.78, 5) is 11.8. The quantitative estimate of drug-likeness (QED) is 0.844. The Balaban J connectivity index is 2.94. The highest BCUT2D eigenvalue weighted by Crippen LogP contribution is 2.29. The van der Waals surface area contributed by atoms with Crippen LogP contribution in [0.25, 0.3) is 0 Å². The minimum atomic E-state index is -4.46. The number of nitrogens with one attached hydrogen (secondary N) is 1. The molecular weight excluding hydrogens is 267 g/mol. The summed E-state index contributed by atoms with van der Waals surface area (Å²) < 4.78 is 37.4. The first-order chi connectivity index (χ1) is 8.15. The molecule has 18 heavy (non-hydrogen) atoms. The van der Waals surface area contributed by atoms with Crippen molar-refractivity contribution in [3.8, 4) is 0 Å². The molecule has 0 aromatic heterocycles. The highest BCUT2D eigenvalue weighted by molar-refractivity contribution is 6.18. The Morgan fingerprint density at radius 1 is 1.33 bits per heavy atom. The second-order valence-electron chi connectivity index (χ2n) is 4.55. The van der Waals surface area contributed by atoms with Crippen LogP contribution in [0.5, 0.6) is 0 Å². The first kappa shape index (κ1) is 14.8. The molecule has 1 N–H and O–H groups in total. The molecule has 0 saturated carbocycles. The highest BCUT2D eigenvalue weighted by atomic mass is 35.5. The lowest BCUT2D eigenvalue weighted by Gasteiger charge is -2.23. The second-order valence-corrected chi connectivity index (χ2v) is 4.82.